The highest BCUT2D eigenvalue weighted by molar-refractivity contribution is 7.99. The first-order chi connectivity index (χ1) is 16.6. The van der Waals surface area contributed by atoms with Gasteiger partial charge in [-0.3, -0.25) is 14.4 Å². The van der Waals surface area contributed by atoms with E-state index in [9.17, 15) is 27.6 Å². The van der Waals surface area contributed by atoms with Crippen LogP contribution in [0.2, 0.25) is 0 Å². The van der Waals surface area contributed by atoms with E-state index < -0.39 is 23.8 Å². The number of nitrogens with one attached hydrogen (secondary N) is 2. The standard InChI is InChI=1S/C24H30F3N3O3S2/c1-16(2)10-11-21(32)30-19(9-6-12-34-15-20(31)24(25,26)27)22(33)28-13-18-14-35-23(29-18)17-7-4-3-5-8-17/h3-5,7-8,14,16,19H,6,9-13,15H2,1-2H3,(H,28,33)(H,30,32)/t19-/m0/s1. The molecule has 2 amide bonds. The molecule has 0 bridgehead atoms. The first-order valence-electron chi connectivity index (χ1n) is 11.3. The summed E-state index contributed by atoms with van der Waals surface area (Å²) in [7, 11) is 0. The van der Waals surface area contributed by atoms with Crippen molar-refractivity contribution in [1.29, 1.82) is 0 Å². The molecule has 2 N–H and O–H groups in total. The minimum absolute atomic E-state index is 0.190. The number of hydrogen-bond donors (Lipinski definition) is 2. The largest absolute Gasteiger partial charge is 0.450 e. The molecule has 0 aliphatic carbocycles. The second-order valence-corrected chi connectivity index (χ2v) is 10.4. The molecule has 35 heavy (non-hydrogen) atoms. The summed E-state index contributed by atoms with van der Waals surface area (Å²) in [5.41, 5.74) is 1.67. The number of benzene rings is 1. The Kier molecular flexibility index (Phi) is 11.7. The Morgan fingerprint density at radius 2 is 1.83 bits per heavy atom. The van der Waals surface area contributed by atoms with Crippen LogP contribution < -0.4 is 10.6 Å². The average molecular weight is 530 g/mol. The highest BCUT2D eigenvalue weighted by Crippen LogP contribution is 2.23. The van der Waals surface area contributed by atoms with E-state index in [2.05, 4.69) is 15.6 Å². The fourth-order valence-corrected chi connectivity index (χ4v) is 4.68. The normalized spacial score (nSPS) is 12.4. The highest BCUT2D eigenvalue weighted by Gasteiger charge is 2.37. The van der Waals surface area contributed by atoms with Gasteiger partial charge in [-0.15, -0.1) is 11.3 Å². The zero-order valence-electron chi connectivity index (χ0n) is 19.7. The molecule has 0 fully saturated rings. The van der Waals surface area contributed by atoms with E-state index in [0.29, 0.717) is 24.5 Å². The van der Waals surface area contributed by atoms with Crippen molar-refractivity contribution in [3.05, 3.63) is 41.4 Å². The molecule has 0 unspecified atom stereocenters. The zero-order chi connectivity index (χ0) is 25.8. The minimum atomic E-state index is -4.84. The lowest BCUT2D eigenvalue weighted by Crippen LogP contribution is -2.46. The predicted octanol–water partition coefficient (Wildman–Crippen LogP) is 4.99. The van der Waals surface area contributed by atoms with Crippen molar-refractivity contribution in [1.82, 2.24) is 15.6 Å². The molecule has 0 aliphatic heterocycles. The number of nitrogens with zero attached hydrogens (tertiary/aromatic N) is 1. The highest BCUT2D eigenvalue weighted by atomic mass is 32.2. The molecule has 1 aromatic carbocycles. The summed E-state index contributed by atoms with van der Waals surface area (Å²) < 4.78 is 37.0. The van der Waals surface area contributed by atoms with Gasteiger partial charge in [-0.1, -0.05) is 44.2 Å². The molecule has 2 aromatic rings. The molecule has 2 rings (SSSR count). The molecule has 1 aromatic heterocycles. The van der Waals surface area contributed by atoms with Crippen LogP contribution >= 0.6 is 23.1 Å². The third kappa shape index (κ3) is 10.8. The first-order valence-corrected chi connectivity index (χ1v) is 13.3. The van der Waals surface area contributed by atoms with Crippen LogP contribution in [0.15, 0.2) is 35.7 Å². The smallest absolute Gasteiger partial charge is 0.349 e. The summed E-state index contributed by atoms with van der Waals surface area (Å²) in [6.07, 6.45) is -3.26. The summed E-state index contributed by atoms with van der Waals surface area (Å²) in [6.45, 7) is 4.18. The van der Waals surface area contributed by atoms with Crippen molar-refractivity contribution in [2.24, 2.45) is 5.92 Å². The maximum atomic E-state index is 12.8. The number of thioether (sulfide) groups is 1. The van der Waals surface area contributed by atoms with Crippen LogP contribution in [0.5, 0.6) is 0 Å². The first kappa shape index (κ1) is 28.8. The van der Waals surface area contributed by atoms with Crippen molar-refractivity contribution in [3.63, 3.8) is 0 Å². The Morgan fingerprint density at radius 3 is 2.49 bits per heavy atom. The molecule has 0 aliphatic rings. The summed E-state index contributed by atoms with van der Waals surface area (Å²) in [4.78, 5) is 40.6. The molecule has 11 heteroatoms. The molecule has 192 valence electrons. The van der Waals surface area contributed by atoms with Crippen molar-refractivity contribution < 1.29 is 27.6 Å². The van der Waals surface area contributed by atoms with E-state index >= 15 is 0 Å². The van der Waals surface area contributed by atoms with Gasteiger partial charge in [0.1, 0.15) is 11.0 Å². The lowest BCUT2D eigenvalue weighted by atomic mass is 10.1. The monoisotopic (exact) mass is 529 g/mol. The zero-order valence-corrected chi connectivity index (χ0v) is 21.3. The van der Waals surface area contributed by atoms with Crippen LogP contribution in [-0.4, -0.2) is 46.3 Å². The molecular formula is C24H30F3N3O3S2. The Bertz CT molecular complexity index is 966. The SMILES string of the molecule is CC(C)CCC(=O)N[C@@H](CCCSCC(=O)C(F)(F)F)C(=O)NCc1csc(-c2ccccc2)n1. The lowest BCUT2D eigenvalue weighted by molar-refractivity contribution is -0.167. The van der Waals surface area contributed by atoms with E-state index in [-0.39, 0.29) is 37.0 Å². The van der Waals surface area contributed by atoms with Gasteiger partial charge < -0.3 is 10.6 Å². The summed E-state index contributed by atoms with van der Waals surface area (Å²) in [6, 6.07) is 8.83. The van der Waals surface area contributed by atoms with E-state index in [4.69, 9.17) is 0 Å². The number of carbonyl (C=O) groups excluding carboxylic acids is 3. The van der Waals surface area contributed by atoms with Crippen LogP contribution in [0.1, 0.15) is 45.2 Å². The number of ketones is 1. The van der Waals surface area contributed by atoms with Gasteiger partial charge in [0.15, 0.2) is 0 Å². The van der Waals surface area contributed by atoms with Crippen LogP contribution in [0.25, 0.3) is 10.6 Å². The maximum Gasteiger partial charge on any atom is 0.450 e. The van der Waals surface area contributed by atoms with Crippen molar-refractivity contribution in [2.75, 3.05) is 11.5 Å². The number of carbonyl (C=O) groups is 3. The van der Waals surface area contributed by atoms with Gasteiger partial charge in [-0.05, 0) is 30.9 Å². The second kappa shape index (κ2) is 14.2. The quantitative estimate of drug-likeness (QED) is 0.337. The molecule has 0 saturated carbocycles. The lowest BCUT2D eigenvalue weighted by Gasteiger charge is -2.18. The van der Waals surface area contributed by atoms with Crippen molar-refractivity contribution in [2.45, 2.75) is 58.3 Å². The predicted molar refractivity (Wildman–Crippen MR) is 133 cm³/mol. The molecule has 0 saturated heterocycles. The minimum Gasteiger partial charge on any atom is -0.349 e. The van der Waals surface area contributed by atoms with E-state index in [1.54, 1.807) is 0 Å². The van der Waals surface area contributed by atoms with Gasteiger partial charge in [0, 0.05) is 17.4 Å². The fourth-order valence-electron chi connectivity index (χ4n) is 2.99. The van der Waals surface area contributed by atoms with Gasteiger partial charge in [0.2, 0.25) is 17.6 Å². The van der Waals surface area contributed by atoms with Gasteiger partial charge in [0.05, 0.1) is 18.0 Å². The second-order valence-electron chi connectivity index (χ2n) is 8.40. The molecular weight excluding hydrogens is 499 g/mol. The summed E-state index contributed by atoms with van der Waals surface area (Å²) in [5, 5.41) is 8.22. The van der Waals surface area contributed by atoms with Crippen molar-refractivity contribution in [3.8, 4) is 10.6 Å². The molecule has 1 heterocycles. The molecule has 0 radical (unpaired) electrons. The van der Waals surface area contributed by atoms with Gasteiger partial charge in [-0.25, -0.2) is 4.98 Å². The molecule has 0 spiro atoms. The molecule has 1 atom stereocenters. The van der Waals surface area contributed by atoms with Gasteiger partial charge >= 0.3 is 6.18 Å². The maximum absolute atomic E-state index is 12.8. The topological polar surface area (TPSA) is 88.2 Å². The summed E-state index contributed by atoms with van der Waals surface area (Å²) in [5.74, 6) is -2.47. The van der Waals surface area contributed by atoms with Crippen molar-refractivity contribution >= 4 is 40.7 Å². The number of amides is 2. The third-order valence-corrected chi connectivity index (χ3v) is 6.93. The fraction of sp³-hybridized carbons (Fsp3) is 0.500. The third-order valence-electron chi connectivity index (χ3n) is 4.95. The molecule has 6 nitrogen and oxygen atoms in total. The summed E-state index contributed by atoms with van der Waals surface area (Å²) >= 11 is 2.33. The van der Waals surface area contributed by atoms with Gasteiger partial charge in [-0.2, -0.15) is 24.9 Å². The van der Waals surface area contributed by atoms with Crippen LogP contribution in [0, 0.1) is 5.92 Å². The Hall–Kier alpha value is -2.40. The van der Waals surface area contributed by atoms with Gasteiger partial charge in [0.25, 0.3) is 0 Å². The number of hydrogen-bond acceptors (Lipinski definition) is 6. The number of alkyl halides is 3. The van der Waals surface area contributed by atoms with Crippen LogP contribution in [0.4, 0.5) is 13.2 Å². The number of aromatic nitrogens is 1. The van der Waals surface area contributed by atoms with E-state index in [1.807, 2.05) is 49.6 Å². The number of halogens is 3. The van der Waals surface area contributed by atoms with Crippen LogP contribution in [-0.2, 0) is 20.9 Å². The number of thiazole rings is 1. The Morgan fingerprint density at radius 1 is 1.11 bits per heavy atom. The Labute approximate surface area is 211 Å². The Balaban J connectivity index is 1.89. The van der Waals surface area contributed by atoms with E-state index in [0.717, 1.165) is 22.3 Å². The van der Waals surface area contributed by atoms with E-state index in [1.165, 1.54) is 11.3 Å². The average Bonchev–Trinajstić information content (AvgIpc) is 3.29. The number of Topliss-reactive ketones (excluding diaryl/α,β-unsaturated/α-hetero) is 1. The van der Waals surface area contributed by atoms with Crippen LogP contribution in [0.3, 0.4) is 0 Å². The number of rotatable bonds is 14.